The standard InChI is InChI=1S/C22H19N5O3S/c1-13-3-4-16(10-23-13)22-12-25-18(9-15-5-8-31-21(15)25)20(29)27(22)7-6-26(22)19(28)17-11-30-24-14(17)2/h3-5,8-11H,6-7,12H2,1-2H3. The summed E-state index contributed by atoms with van der Waals surface area (Å²) in [5, 5.41) is 6.94. The first-order valence-corrected chi connectivity index (χ1v) is 10.9. The number of aryl methyl sites for hydroxylation is 2. The second-order valence-corrected chi connectivity index (χ2v) is 8.92. The number of pyridine rings is 1. The van der Waals surface area contributed by atoms with Gasteiger partial charge >= 0.3 is 0 Å². The van der Waals surface area contributed by atoms with Gasteiger partial charge in [0.15, 0.2) is 5.66 Å². The van der Waals surface area contributed by atoms with E-state index in [1.54, 1.807) is 29.4 Å². The van der Waals surface area contributed by atoms with E-state index in [2.05, 4.69) is 10.1 Å². The van der Waals surface area contributed by atoms with Crippen LogP contribution in [0.25, 0.3) is 10.2 Å². The zero-order valence-corrected chi connectivity index (χ0v) is 17.8. The molecule has 31 heavy (non-hydrogen) atoms. The Morgan fingerprint density at radius 1 is 1.23 bits per heavy atom. The zero-order valence-electron chi connectivity index (χ0n) is 17.0. The van der Waals surface area contributed by atoms with Crippen molar-refractivity contribution < 1.29 is 14.1 Å². The van der Waals surface area contributed by atoms with Crippen LogP contribution >= 0.6 is 11.3 Å². The highest BCUT2D eigenvalue weighted by atomic mass is 32.1. The van der Waals surface area contributed by atoms with Crippen LogP contribution in [-0.2, 0) is 12.2 Å². The molecule has 0 aliphatic carbocycles. The average Bonchev–Trinajstić information content (AvgIpc) is 3.52. The maximum atomic E-state index is 13.7. The molecule has 0 saturated carbocycles. The summed E-state index contributed by atoms with van der Waals surface area (Å²) in [5.41, 5.74) is 2.32. The monoisotopic (exact) mass is 433 g/mol. The maximum Gasteiger partial charge on any atom is 0.272 e. The molecule has 0 spiro atoms. The van der Waals surface area contributed by atoms with Crippen LogP contribution in [0.5, 0.6) is 0 Å². The van der Waals surface area contributed by atoms with Crippen LogP contribution in [0.4, 0.5) is 0 Å². The number of carbonyl (C=O) groups is 2. The third-order valence-electron chi connectivity index (χ3n) is 6.38. The Morgan fingerprint density at radius 2 is 2.10 bits per heavy atom. The number of thiophene rings is 1. The van der Waals surface area contributed by atoms with Crippen LogP contribution in [0.3, 0.4) is 0 Å². The summed E-state index contributed by atoms with van der Waals surface area (Å²) in [6, 6.07) is 7.85. The summed E-state index contributed by atoms with van der Waals surface area (Å²) in [4.78, 5) is 36.4. The summed E-state index contributed by atoms with van der Waals surface area (Å²) in [7, 11) is 0. The van der Waals surface area contributed by atoms with Gasteiger partial charge in [0.1, 0.15) is 22.4 Å². The van der Waals surface area contributed by atoms with E-state index in [4.69, 9.17) is 4.52 Å². The minimum absolute atomic E-state index is 0.0763. The largest absolute Gasteiger partial charge is 0.364 e. The van der Waals surface area contributed by atoms with E-state index < -0.39 is 5.66 Å². The van der Waals surface area contributed by atoms with Crippen molar-refractivity contribution in [3.63, 3.8) is 0 Å². The fraction of sp³-hybridized carbons (Fsp3) is 0.273. The number of amides is 2. The molecule has 156 valence electrons. The lowest BCUT2D eigenvalue weighted by atomic mass is 9.95. The van der Waals surface area contributed by atoms with E-state index in [1.165, 1.54) is 6.26 Å². The molecule has 2 aliphatic rings. The Labute approximate surface area is 181 Å². The zero-order chi connectivity index (χ0) is 21.3. The molecule has 2 amide bonds. The van der Waals surface area contributed by atoms with Gasteiger partial charge < -0.3 is 18.9 Å². The molecule has 0 N–H and O–H groups in total. The molecule has 6 rings (SSSR count). The quantitative estimate of drug-likeness (QED) is 0.485. The summed E-state index contributed by atoms with van der Waals surface area (Å²) in [6.07, 6.45) is 3.16. The van der Waals surface area contributed by atoms with Crippen molar-refractivity contribution in [3.05, 3.63) is 70.3 Å². The molecule has 6 heterocycles. The number of nitrogens with zero attached hydrogens (tertiary/aromatic N) is 5. The molecular formula is C22H19N5O3S. The lowest BCUT2D eigenvalue weighted by Gasteiger charge is -2.47. The van der Waals surface area contributed by atoms with Crippen molar-refractivity contribution >= 4 is 33.4 Å². The maximum absolute atomic E-state index is 13.7. The molecule has 1 fully saturated rings. The molecule has 1 unspecified atom stereocenters. The van der Waals surface area contributed by atoms with Crippen LogP contribution in [0, 0.1) is 13.8 Å². The lowest BCUT2D eigenvalue weighted by molar-refractivity contribution is -0.00526. The van der Waals surface area contributed by atoms with Gasteiger partial charge in [-0.3, -0.25) is 14.6 Å². The molecule has 4 aromatic rings. The third kappa shape index (κ3) is 2.35. The van der Waals surface area contributed by atoms with Gasteiger partial charge in [0.05, 0.1) is 12.2 Å². The van der Waals surface area contributed by atoms with E-state index in [9.17, 15) is 9.59 Å². The fourth-order valence-electron chi connectivity index (χ4n) is 4.84. The lowest BCUT2D eigenvalue weighted by Crippen LogP contribution is -2.60. The average molecular weight is 433 g/mol. The van der Waals surface area contributed by atoms with Crippen molar-refractivity contribution in [1.82, 2.24) is 24.5 Å². The van der Waals surface area contributed by atoms with Gasteiger partial charge in [0.25, 0.3) is 11.8 Å². The minimum atomic E-state index is -0.971. The van der Waals surface area contributed by atoms with E-state index in [-0.39, 0.29) is 11.8 Å². The smallest absolute Gasteiger partial charge is 0.272 e. The highest BCUT2D eigenvalue weighted by molar-refractivity contribution is 7.16. The highest BCUT2D eigenvalue weighted by Crippen LogP contribution is 2.45. The van der Waals surface area contributed by atoms with E-state index in [0.717, 1.165) is 21.5 Å². The van der Waals surface area contributed by atoms with Gasteiger partial charge in [-0.2, -0.15) is 0 Å². The van der Waals surface area contributed by atoms with Crippen molar-refractivity contribution in [1.29, 1.82) is 0 Å². The first-order chi connectivity index (χ1) is 15.0. The van der Waals surface area contributed by atoms with Crippen LogP contribution < -0.4 is 0 Å². The molecule has 4 aromatic heterocycles. The Balaban J connectivity index is 1.59. The summed E-state index contributed by atoms with van der Waals surface area (Å²) >= 11 is 1.60. The van der Waals surface area contributed by atoms with E-state index >= 15 is 0 Å². The SMILES string of the molecule is Cc1ccc(C23Cn4c(cc5ccsc54)C(=O)N2CCN3C(=O)c2conc2C)cn1. The van der Waals surface area contributed by atoms with Crippen molar-refractivity contribution in [2.45, 2.75) is 26.1 Å². The Morgan fingerprint density at radius 3 is 2.84 bits per heavy atom. The molecule has 0 radical (unpaired) electrons. The van der Waals surface area contributed by atoms with Crippen molar-refractivity contribution in [2.75, 3.05) is 13.1 Å². The highest BCUT2D eigenvalue weighted by Gasteiger charge is 2.57. The number of fused-ring (bicyclic) bond motifs is 4. The van der Waals surface area contributed by atoms with Gasteiger partial charge in [-0.1, -0.05) is 11.2 Å². The normalized spacial score (nSPS) is 20.4. The Bertz CT molecular complexity index is 1350. The van der Waals surface area contributed by atoms with Gasteiger partial charge in [0.2, 0.25) is 0 Å². The van der Waals surface area contributed by atoms with Crippen molar-refractivity contribution in [3.8, 4) is 0 Å². The first kappa shape index (κ1) is 18.3. The third-order valence-corrected chi connectivity index (χ3v) is 7.34. The van der Waals surface area contributed by atoms with E-state index in [1.807, 2.05) is 46.0 Å². The number of hydrogen-bond donors (Lipinski definition) is 0. The summed E-state index contributed by atoms with van der Waals surface area (Å²) in [6.45, 7) is 4.97. The molecule has 9 heteroatoms. The Hall–Kier alpha value is -3.46. The van der Waals surface area contributed by atoms with Gasteiger partial charge in [0, 0.05) is 35.9 Å². The van der Waals surface area contributed by atoms with Crippen LogP contribution in [-0.4, -0.2) is 49.4 Å². The Kier molecular flexibility index (Phi) is 3.71. The number of hydrogen-bond acceptors (Lipinski definition) is 6. The predicted molar refractivity (Wildman–Crippen MR) is 114 cm³/mol. The number of carbonyl (C=O) groups excluding carboxylic acids is 2. The molecule has 0 bridgehead atoms. The second kappa shape index (κ2) is 6.27. The molecule has 2 aliphatic heterocycles. The van der Waals surface area contributed by atoms with Crippen LogP contribution in [0.15, 0.2) is 46.6 Å². The topological polar surface area (TPSA) is 84.5 Å². The summed E-state index contributed by atoms with van der Waals surface area (Å²) < 4.78 is 7.08. The van der Waals surface area contributed by atoms with Crippen molar-refractivity contribution in [2.24, 2.45) is 0 Å². The predicted octanol–water partition coefficient (Wildman–Crippen LogP) is 3.17. The summed E-state index contributed by atoms with van der Waals surface area (Å²) in [5.74, 6) is -0.278. The molecular weight excluding hydrogens is 414 g/mol. The van der Waals surface area contributed by atoms with Crippen LogP contribution in [0.2, 0.25) is 0 Å². The minimum Gasteiger partial charge on any atom is -0.364 e. The fourth-order valence-corrected chi connectivity index (χ4v) is 5.74. The van der Waals surface area contributed by atoms with E-state index in [0.29, 0.717) is 36.6 Å². The molecule has 1 saturated heterocycles. The number of rotatable bonds is 2. The first-order valence-electron chi connectivity index (χ1n) is 10.1. The molecule has 8 nitrogen and oxygen atoms in total. The van der Waals surface area contributed by atoms with Crippen LogP contribution in [0.1, 0.15) is 37.8 Å². The van der Waals surface area contributed by atoms with Gasteiger partial charge in [-0.05, 0) is 37.4 Å². The number of aromatic nitrogens is 3. The van der Waals surface area contributed by atoms with Gasteiger partial charge in [-0.25, -0.2) is 0 Å². The molecule has 1 atom stereocenters. The van der Waals surface area contributed by atoms with Gasteiger partial charge in [-0.15, -0.1) is 11.3 Å². The molecule has 0 aromatic carbocycles. The second-order valence-electron chi connectivity index (χ2n) is 8.03.